The third kappa shape index (κ3) is 2.20. The molecule has 0 aromatic heterocycles. The van der Waals surface area contributed by atoms with Crippen LogP contribution in [0.25, 0.3) is 0 Å². The summed E-state index contributed by atoms with van der Waals surface area (Å²) in [6, 6.07) is 6.87. The summed E-state index contributed by atoms with van der Waals surface area (Å²) < 4.78 is 1.12. The zero-order valence-corrected chi connectivity index (χ0v) is 13.2. The Labute approximate surface area is 128 Å². The van der Waals surface area contributed by atoms with Gasteiger partial charge in [-0.25, -0.2) is 0 Å². The molecular formula is C17H20BrNO. The Kier molecular flexibility index (Phi) is 3.13. The van der Waals surface area contributed by atoms with E-state index in [1.54, 1.807) is 0 Å². The van der Waals surface area contributed by atoms with E-state index in [0.29, 0.717) is 6.04 Å². The van der Waals surface area contributed by atoms with E-state index in [1.807, 2.05) is 0 Å². The molecule has 2 bridgehead atoms. The van der Waals surface area contributed by atoms with Gasteiger partial charge in [-0.2, -0.15) is 0 Å². The normalized spacial score (nSPS) is 34.2. The summed E-state index contributed by atoms with van der Waals surface area (Å²) >= 11 is 3.51. The zero-order valence-electron chi connectivity index (χ0n) is 11.6. The van der Waals surface area contributed by atoms with E-state index in [1.165, 1.54) is 36.8 Å². The molecule has 1 amide bonds. The monoisotopic (exact) mass is 333 g/mol. The van der Waals surface area contributed by atoms with Crippen LogP contribution in [0.2, 0.25) is 0 Å². The fourth-order valence-electron chi connectivity index (χ4n) is 4.49. The lowest BCUT2D eigenvalue weighted by Gasteiger charge is -2.24. The molecule has 2 nitrogen and oxygen atoms in total. The zero-order chi connectivity index (χ0) is 13.7. The number of rotatable bonds is 2. The minimum atomic E-state index is 0.151. The number of benzene rings is 1. The van der Waals surface area contributed by atoms with Gasteiger partial charge in [0.1, 0.15) is 0 Å². The largest absolute Gasteiger partial charge is 0.353 e. The molecule has 4 rings (SSSR count). The van der Waals surface area contributed by atoms with Gasteiger partial charge in [-0.15, -0.1) is 0 Å². The Balaban J connectivity index is 1.41. The van der Waals surface area contributed by atoms with E-state index < -0.39 is 0 Å². The number of halogens is 1. The van der Waals surface area contributed by atoms with Crippen molar-refractivity contribution in [1.29, 1.82) is 0 Å². The SMILES string of the molecule is O=C(N[C@@H]1C[C@@H]2CC[C@H]1C2)[C@H]1Cc2ccc(Br)cc2C1. The Bertz CT molecular complexity index is 556. The topological polar surface area (TPSA) is 29.1 Å². The van der Waals surface area contributed by atoms with Gasteiger partial charge in [-0.1, -0.05) is 28.4 Å². The summed E-state index contributed by atoms with van der Waals surface area (Å²) in [5.74, 6) is 2.09. The number of amides is 1. The van der Waals surface area contributed by atoms with Gasteiger partial charge in [-0.3, -0.25) is 4.79 Å². The second kappa shape index (κ2) is 4.87. The molecule has 0 heterocycles. The molecule has 0 radical (unpaired) electrons. The number of hydrogen-bond acceptors (Lipinski definition) is 1. The highest BCUT2D eigenvalue weighted by molar-refractivity contribution is 9.10. The lowest BCUT2D eigenvalue weighted by atomic mass is 9.94. The van der Waals surface area contributed by atoms with Crippen LogP contribution in [0.3, 0.4) is 0 Å². The van der Waals surface area contributed by atoms with Gasteiger partial charge in [0.25, 0.3) is 0 Å². The van der Waals surface area contributed by atoms with Crippen LogP contribution >= 0.6 is 15.9 Å². The summed E-state index contributed by atoms with van der Waals surface area (Å²) in [7, 11) is 0. The highest BCUT2D eigenvalue weighted by atomic mass is 79.9. The molecule has 0 saturated heterocycles. The number of carbonyl (C=O) groups is 1. The van der Waals surface area contributed by atoms with Crippen LogP contribution in [0.4, 0.5) is 0 Å². The van der Waals surface area contributed by atoms with Gasteiger partial charge < -0.3 is 5.32 Å². The summed E-state index contributed by atoms with van der Waals surface area (Å²) in [6.45, 7) is 0. The number of carbonyl (C=O) groups excluding carboxylic acids is 1. The molecule has 0 spiro atoms. The predicted molar refractivity (Wildman–Crippen MR) is 82.4 cm³/mol. The van der Waals surface area contributed by atoms with Crippen LogP contribution in [-0.2, 0) is 17.6 Å². The van der Waals surface area contributed by atoms with Gasteiger partial charge in [-0.05, 0) is 67.2 Å². The molecule has 2 saturated carbocycles. The molecule has 1 aromatic rings. The number of hydrogen-bond donors (Lipinski definition) is 1. The maximum Gasteiger partial charge on any atom is 0.224 e. The highest BCUT2D eigenvalue weighted by Crippen LogP contribution is 2.44. The fraction of sp³-hybridized carbons (Fsp3) is 0.588. The highest BCUT2D eigenvalue weighted by Gasteiger charge is 2.41. The number of nitrogens with one attached hydrogen (secondary N) is 1. The molecule has 4 atom stereocenters. The molecule has 0 aliphatic heterocycles. The standard InChI is InChI=1S/C17H20BrNO/c18-15-4-3-11-7-14(8-13(11)9-15)17(20)19-16-6-10-1-2-12(16)5-10/h3-4,9-10,12,14,16H,1-2,5-8H2,(H,19,20)/t10-,12+,14+,16-/m1/s1. The van der Waals surface area contributed by atoms with Crippen LogP contribution in [-0.4, -0.2) is 11.9 Å². The summed E-state index contributed by atoms with van der Waals surface area (Å²) in [5.41, 5.74) is 2.69. The van der Waals surface area contributed by atoms with Gasteiger partial charge in [0.15, 0.2) is 0 Å². The fourth-order valence-corrected chi connectivity index (χ4v) is 4.90. The summed E-state index contributed by atoms with van der Waals surface area (Å²) in [4.78, 5) is 12.5. The average Bonchev–Trinajstić information content (AvgIpc) is 3.11. The first-order valence-electron chi connectivity index (χ1n) is 7.76. The number of fused-ring (bicyclic) bond motifs is 3. The van der Waals surface area contributed by atoms with Crippen molar-refractivity contribution in [3.8, 4) is 0 Å². The van der Waals surface area contributed by atoms with Crippen molar-refractivity contribution in [2.75, 3.05) is 0 Å². The van der Waals surface area contributed by atoms with Crippen molar-refractivity contribution in [3.63, 3.8) is 0 Å². The maximum atomic E-state index is 12.5. The van der Waals surface area contributed by atoms with Crippen molar-refractivity contribution < 1.29 is 4.79 Å². The molecule has 1 aromatic carbocycles. The smallest absolute Gasteiger partial charge is 0.224 e. The van der Waals surface area contributed by atoms with E-state index in [-0.39, 0.29) is 11.8 Å². The van der Waals surface area contributed by atoms with Gasteiger partial charge in [0.2, 0.25) is 5.91 Å². The maximum absolute atomic E-state index is 12.5. The molecule has 1 N–H and O–H groups in total. The van der Waals surface area contributed by atoms with E-state index in [4.69, 9.17) is 0 Å². The Morgan fingerprint density at radius 3 is 2.75 bits per heavy atom. The first-order valence-corrected chi connectivity index (χ1v) is 8.56. The molecule has 2 fully saturated rings. The van der Waals surface area contributed by atoms with Crippen molar-refractivity contribution >= 4 is 21.8 Å². The Hall–Kier alpha value is -0.830. The summed E-state index contributed by atoms with van der Waals surface area (Å²) in [5, 5.41) is 3.35. The van der Waals surface area contributed by atoms with Crippen molar-refractivity contribution in [1.82, 2.24) is 5.32 Å². The Morgan fingerprint density at radius 1 is 1.15 bits per heavy atom. The van der Waals surface area contributed by atoms with Crippen molar-refractivity contribution in [2.45, 2.75) is 44.6 Å². The quantitative estimate of drug-likeness (QED) is 0.882. The second-order valence-electron chi connectivity index (χ2n) is 6.81. The lowest BCUT2D eigenvalue weighted by Crippen LogP contribution is -2.42. The Morgan fingerprint density at radius 2 is 2.00 bits per heavy atom. The van der Waals surface area contributed by atoms with Crippen LogP contribution in [0.15, 0.2) is 22.7 Å². The van der Waals surface area contributed by atoms with Gasteiger partial charge >= 0.3 is 0 Å². The van der Waals surface area contributed by atoms with Crippen LogP contribution in [0.1, 0.15) is 36.8 Å². The van der Waals surface area contributed by atoms with Gasteiger partial charge in [0.05, 0.1) is 0 Å². The first kappa shape index (κ1) is 12.9. The van der Waals surface area contributed by atoms with Gasteiger partial charge in [0, 0.05) is 16.4 Å². The summed E-state index contributed by atoms with van der Waals surface area (Å²) in [6.07, 6.45) is 7.11. The lowest BCUT2D eigenvalue weighted by molar-refractivity contribution is -0.125. The molecule has 20 heavy (non-hydrogen) atoms. The molecule has 106 valence electrons. The third-order valence-corrected chi connectivity index (χ3v) is 6.03. The van der Waals surface area contributed by atoms with Crippen LogP contribution in [0.5, 0.6) is 0 Å². The average molecular weight is 334 g/mol. The van der Waals surface area contributed by atoms with Crippen LogP contribution in [0, 0.1) is 17.8 Å². The van der Waals surface area contributed by atoms with E-state index >= 15 is 0 Å². The van der Waals surface area contributed by atoms with Crippen molar-refractivity contribution in [3.05, 3.63) is 33.8 Å². The molecule has 3 aliphatic carbocycles. The second-order valence-corrected chi connectivity index (χ2v) is 7.72. The minimum absolute atomic E-state index is 0.151. The third-order valence-electron chi connectivity index (χ3n) is 5.54. The minimum Gasteiger partial charge on any atom is -0.353 e. The molecular weight excluding hydrogens is 314 g/mol. The van der Waals surface area contributed by atoms with E-state index in [9.17, 15) is 4.79 Å². The first-order chi connectivity index (χ1) is 9.69. The van der Waals surface area contributed by atoms with Crippen molar-refractivity contribution in [2.24, 2.45) is 17.8 Å². The predicted octanol–water partition coefficient (Wildman–Crippen LogP) is 3.47. The van der Waals surface area contributed by atoms with Crippen LogP contribution < -0.4 is 5.32 Å². The van der Waals surface area contributed by atoms with E-state index in [0.717, 1.165) is 29.2 Å². The van der Waals surface area contributed by atoms with E-state index in [2.05, 4.69) is 39.4 Å². The molecule has 0 unspecified atom stereocenters. The molecule has 3 heteroatoms. The molecule has 3 aliphatic rings.